The van der Waals surface area contributed by atoms with Crippen LogP contribution < -0.4 is 4.90 Å². The molecule has 5 atom stereocenters. The molecule has 0 aromatic heterocycles. The molecule has 1 heterocycles. The van der Waals surface area contributed by atoms with E-state index in [1.165, 1.54) is 6.21 Å². The van der Waals surface area contributed by atoms with Crippen LogP contribution in [-0.4, -0.2) is 78.0 Å². The maximum absolute atomic E-state index is 9.98. The largest absolute Gasteiger partial charge is 0.394 e. The number of ether oxygens (including phenoxy) is 1. The molecule has 1 aliphatic heterocycles. The zero-order valence-corrected chi connectivity index (χ0v) is 12.6. The molecule has 1 fully saturated rings. The van der Waals surface area contributed by atoms with Crippen molar-refractivity contribution in [2.45, 2.75) is 30.6 Å². The molecular formula is C15H22N2O5. The normalized spacial score (nSPS) is 32.4. The van der Waals surface area contributed by atoms with Crippen molar-refractivity contribution in [2.75, 3.05) is 25.6 Å². The van der Waals surface area contributed by atoms with Crippen LogP contribution in [0.1, 0.15) is 5.56 Å². The fourth-order valence-electron chi connectivity index (χ4n) is 2.27. The quantitative estimate of drug-likeness (QED) is 0.530. The van der Waals surface area contributed by atoms with Crippen LogP contribution in [0.4, 0.5) is 5.69 Å². The van der Waals surface area contributed by atoms with Crippen LogP contribution in [0, 0.1) is 0 Å². The minimum atomic E-state index is -1.38. The zero-order chi connectivity index (χ0) is 16.3. The summed E-state index contributed by atoms with van der Waals surface area (Å²) in [7, 11) is 3.88. The van der Waals surface area contributed by atoms with Crippen molar-refractivity contribution < 1.29 is 25.2 Å². The second kappa shape index (κ2) is 7.17. The van der Waals surface area contributed by atoms with E-state index in [0.29, 0.717) is 0 Å². The van der Waals surface area contributed by atoms with Crippen molar-refractivity contribution in [3.05, 3.63) is 29.8 Å². The van der Waals surface area contributed by atoms with E-state index in [0.717, 1.165) is 11.3 Å². The van der Waals surface area contributed by atoms with Crippen LogP contribution in [-0.2, 0) is 4.74 Å². The number of aliphatic hydroxyl groups is 4. The third-order valence-corrected chi connectivity index (χ3v) is 3.67. The predicted molar refractivity (Wildman–Crippen MR) is 82.1 cm³/mol. The van der Waals surface area contributed by atoms with E-state index in [2.05, 4.69) is 4.99 Å². The first kappa shape index (κ1) is 16.9. The third kappa shape index (κ3) is 3.63. The van der Waals surface area contributed by atoms with Crippen LogP contribution in [0.25, 0.3) is 0 Å². The van der Waals surface area contributed by atoms with Gasteiger partial charge in [-0.05, 0) is 17.7 Å². The van der Waals surface area contributed by atoms with E-state index >= 15 is 0 Å². The Morgan fingerprint density at radius 3 is 2.32 bits per heavy atom. The van der Waals surface area contributed by atoms with E-state index in [1.807, 2.05) is 43.3 Å². The average molecular weight is 310 g/mol. The number of benzene rings is 1. The van der Waals surface area contributed by atoms with Gasteiger partial charge < -0.3 is 30.1 Å². The Hall–Kier alpha value is -1.51. The topological polar surface area (TPSA) is 106 Å². The van der Waals surface area contributed by atoms with Gasteiger partial charge in [0.1, 0.15) is 24.4 Å². The molecule has 0 spiro atoms. The molecule has 0 radical (unpaired) electrons. The van der Waals surface area contributed by atoms with Gasteiger partial charge in [0.05, 0.1) is 6.61 Å². The molecule has 1 aromatic rings. The highest BCUT2D eigenvalue weighted by Crippen LogP contribution is 2.22. The highest BCUT2D eigenvalue weighted by molar-refractivity contribution is 5.80. The molecule has 2 rings (SSSR count). The molecule has 0 bridgehead atoms. The highest BCUT2D eigenvalue weighted by Gasteiger charge is 2.43. The molecule has 0 amide bonds. The van der Waals surface area contributed by atoms with Crippen LogP contribution in [0.2, 0.25) is 0 Å². The van der Waals surface area contributed by atoms with E-state index < -0.39 is 37.3 Å². The van der Waals surface area contributed by atoms with Gasteiger partial charge in [0.2, 0.25) is 0 Å². The van der Waals surface area contributed by atoms with E-state index in [-0.39, 0.29) is 0 Å². The number of hydrogen-bond acceptors (Lipinski definition) is 7. The molecule has 122 valence electrons. The van der Waals surface area contributed by atoms with E-state index in [4.69, 9.17) is 9.84 Å². The first-order chi connectivity index (χ1) is 10.4. The summed E-state index contributed by atoms with van der Waals surface area (Å²) in [5.74, 6) is 0. The maximum atomic E-state index is 9.98. The SMILES string of the molecule is CN(C)c1ccc(C=N[C@H]2[C@@H](O)[C@H](O)[C@@H](CO)O[C@@H]2O)cc1. The fraction of sp³-hybridized carbons (Fsp3) is 0.533. The first-order valence-electron chi connectivity index (χ1n) is 7.05. The highest BCUT2D eigenvalue weighted by atomic mass is 16.6. The number of nitrogens with zero attached hydrogens (tertiary/aromatic N) is 2. The summed E-state index contributed by atoms with van der Waals surface area (Å²) in [6.45, 7) is -0.488. The Labute approximate surface area is 129 Å². The summed E-state index contributed by atoms with van der Waals surface area (Å²) >= 11 is 0. The molecule has 22 heavy (non-hydrogen) atoms. The summed E-state index contributed by atoms with van der Waals surface area (Å²) in [5.41, 5.74) is 1.84. The Bertz CT molecular complexity index is 505. The van der Waals surface area contributed by atoms with Gasteiger partial charge in [-0.25, -0.2) is 0 Å². The minimum Gasteiger partial charge on any atom is -0.394 e. The monoisotopic (exact) mass is 310 g/mol. The molecule has 1 saturated heterocycles. The Balaban J connectivity index is 2.08. The minimum absolute atomic E-state index is 0.488. The Morgan fingerprint density at radius 2 is 1.77 bits per heavy atom. The first-order valence-corrected chi connectivity index (χ1v) is 7.05. The molecular weight excluding hydrogens is 288 g/mol. The van der Waals surface area contributed by atoms with Gasteiger partial charge in [0, 0.05) is 26.0 Å². The lowest BCUT2D eigenvalue weighted by Gasteiger charge is -2.38. The van der Waals surface area contributed by atoms with Crippen molar-refractivity contribution in [3.8, 4) is 0 Å². The van der Waals surface area contributed by atoms with Gasteiger partial charge in [-0.1, -0.05) is 12.1 Å². The van der Waals surface area contributed by atoms with Crippen LogP contribution >= 0.6 is 0 Å². The Kier molecular flexibility index (Phi) is 5.49. The summed E-state index contributed by atoms with van der Waals surface area (Å²) in [6.07, 6.45) is -3.50. The van der Waals surface area contributed by atoms with Crippen LogP contribution in [0.3, 0.4) is 0 Å². The lowest BCUT2D eigenvalue weighted by atomic mass is 9.97. The van der Waals surface area contributed by atoms with Crippen LogP contribution in [0.5, 0.6) is 0 Å². The second-order valence-corrected chi connectivity index (χ2v) is 5.48. The van der Waals surface area contributed by atoms with Gasteiger partial charge in [0.15, 0.2) is 6.29 Å². The van der Waals surface area contributed by atoms with Gasteiger partial charge in [-0.3, -0.25) is 4.99 Å². The average Bonchev–Trinajstić information content (AvgIpc) is 2.51. The molecule has 7 nitrogen and oxygen atoms in total. The van der Waals surface area contributed by atoms with E-state index in [1.54, 1.807) is 0 Å². The summed E-state index contributed by atoms with van der Waals surface area (Å²) in [4.78, 5) is 6.07. The molecule has 7 heteroatoms. The molecule has 0 aliphatic carbocycles. The van der Waals surface area contributed by atoms with Crippen LogP contribution in [0.15, 0.2) is 29.3 Å². The molecule has 0 unspecified atom stereocenters. The van der Waals surface area contributed by atoms with Crippen molar-refractivity contribution in [1.29, 1.82) is 0 Å². The lowest BCUT2D eigenvalue weighted by Crippen LogP contribution is -2.57. The van der Waals surface area contributed by atoms with E-state index in [9.17, 15) is 15.3 Å². The third-order valence-electron chi connectivity index (χ3n) is 3.67. The molecule has 1 aliphatic rings. The van der Waals surface area contributed by atoms with Crippen molar-refractivity contribution in [1.82, 2.24) is 0 Å². The van der Waals surface area contributed by atoms with Crippen molar-refractivity contribution in [3.63, 3.8) is 0 Å². The number of aliphatic hydroxyl groups excluding tert-OH is 4. The standard InChI is InChI=1S/C15H22N2O5/c1-17(2)10-5-3-9(4-6-10)7-16-12-14(20)13(19)11(8-18)22-15(12)21/h3-7,11-15,18-21H,8H2,1-2H3/t11-,12+,13-,14-,15+/m1/s1. The zero-order valence-electron chi connectivity index (χ0n) is 12.6. The fourth-order valence-corrected chi connectivity index (χ4v) is 2.27. The number of hydrogen-bond donors (Lipinski definition) is 4. The van der Waals surface area contributed by atoms with Crippen molar-refractivity contribution >= 4 is 11.9 Å². The predicted octanol–water partition coefficient (Wildman–Crippen LogP) is -1.03. The molecule has 1 aromatic carbocycles. The maximum Gasteiger partial charge on any atom is 0.180 e. The van der Waals surface area contributed by atoms with Crippen molar-refractivity contribution in [2.24, 2.45) is 4.99 Å². The van der Waals surface area contributed by atoms with Gasteiger partial charge in [0.25, 0.3) is 0 Å². The number of aliphatic imine (C=N–C) groups is 1. The van der Waals surface area contributed by atoms with Gasteiger partial charge in [-0.15, -0.1) is 0 Å². The summed E-state index contributed by atoms with van der Waals surface area (Å²) in [5, 5.41) is 38.6. The smallest absolute Gasteiger partial charge is 0.180 e. The second-order valence-electron chi connectivity index (χ2n) is 5.48. The number of rotatable bonds is 4. The number of anilines is 1. The summed E-state index contributed by atoms with van der Waals surface area (Å²) in [6, 6.07) is 6.54. The van der Waals surface area contributed by atoms with Gasteiger partial charge >= 0.3 is 0 Å². The molecule has 0 saturated carbocycles. The lowest BCUT2D eigenvalue weighted by molar-refractivity contribution is -0.248. The molecule has 4 N–H and O–H groups in total. The summed E-state index contributed by atoms with van der Waals surface area (Å²) < 4.78 is 5.04. The van der Waals surface area contributed by atoms with Gasteiger partial charge in [-0.2, -0.15) is 0 Å². The Morgan fingerprint density at radius 1 is 1.14 bits per heavy atom.